The van der Waals surface area contributed by atoms with Crippen molar-refractivity contribution in [3.63, 3.8) is 0 Å². The van der Waals surface area contributed by atoms with Crippen LogP contribution in [0.1, 0.15) is 63.8 Å². The molecule has 51 heavy (non-hydrogen) atoms. The first-order chi connectivity index (χ1) is 23.8. The Kier molecular flexibility index (Phi) is 11.8. The van der Waals surface area contributed by atoms with E-state index in [-0.39, 0.29) is 25.5 Å². The Morgan fingerprint density at radius 3 is 1.94 bits per heavy atom. The molecular formula is C48H48IrN2-2. The summed E-state index contributed by atoms with van der Waals surface area (Å²) in [5.74, 6) is 0. The number of nitrogens with zero attached hydrogens (tertiary/aromatic N) is 2. The first kappa shape index (κ1) is 37.8. The van der Waals surface area contributed by atoms with Crippen molar-refractivity contribution in [2.24, 2.45) is 10.8 Å². The third-order valence-electron chi connectivity index (χ3n) is 8.90. The maximum absolute atomic E-state index is 4.75. The Bertz CT molecular complexity index is 2240. The van der Waals surface area contributed by atoms with Crippen LogP contribution in [0.2, 0.25) is 0 Å². The van der Waals surface area contributed by atoms with Crippen LogP contribution < -0.4 is 0 Å². The fourth-order valence-electron chi connectivity index (χ4n) is 6.51. The second-order valence-corrected chi connectivity index (χ2v) is 16.0. The number of hydrogen-bond donors (Lipinski definition) is 0. The summed E-state index contributed by atoms with van der Waals surface area (Å²) in [6.07, 6.45) is 6.07. The minimum Gasteiger partial charge on any atom is -0.304 e. The third-order valence-corrected chi connectivity index (χ3v) is 8.90. The minimum atomic E-state index is 0. The quantitative estimate of drug-likeness (QED) is 0.127. The van der Waals surface area contributed by atoms with Crippen LogP contribution in [0.5, 0.6) is 0 Å². The van der Waals surface area contributed by atoms with Crippen molar-refractivity contribution in [1.82, 2.24) is 9.97 Å². The van der Waals surface area contributed by atoms with Gasteiger partial charge in [-0.15, -0.1) is 70.8 Å². The van der Waals surface area contributed by atoms with E-state index in [0.717, 1.165) is 35.4 Å². The summed E-state index contributed by atoms with van der Waals surface area (Å²) in [5, 5.41) is 5.11. The van der Waals surface area contributed by atoms with Gasteiger partial charge in [-0.1, -0.05) is 121 Å². The van der Waals surface area contributed by atoms with E-state index in [1.807, 2.05) is 24.5 Å². The van der Waals surface area contributed by atoms with Crippen molar-refractivity contribution in [3.05, 3.63) is 156 Å². The standard InChI is InChI=1S/C31H28N.C17H20N.Ir/c1-21-20-32-30(18-25(21)19-31(2,3)4)24-12-9-11-22(16-24)29-17-23-10-5-6-13-26(23)27-14-7-8-15-28(27)29;1-13-5-8-15(9-6-13)16-10-7-14(12-18-16)11-17(2,3)4;/h5-11,13-18,20H,19H2,1-4H3;5-8,10,12H,11H2,1-4H3;/q2*-1;. The second kappa shape index (κ2) is 15.9. The van der Waals surface area contributed by atoms with Crippen LogP contribution in [0.25, 0.3) is 55.2 Å². The molecule has 2 nitrogen and oxygen atoms in total. The number of benzene rings is 5. The van der Waals surface area contributed by atoms with Crippen LogP contribution in [0, 0.1) is 36.8 Å². The maximum Gasteiger partial charge on any atom is 0.0193 e. The van der Waals surface area contributed by atoms with E-state index < -0.39 is 0 Å². The van der Waals surface area contributed by atoms with Gasteiger partial charge in [-0.3, -0.25) is 0 Å². The Labute approximate surface area is 318 Å². The van der Waals surface area contributed by atoms with Gasteiger partial charge in [0.1, 0.15) is 0 Å². The summed E-state index contributed by atoms with van der Waals surface area (Å²) in [7, 11) is 0. The molecule has 5 aromatic carbocycles. The zero-order valence-corrected chi connectivity index (χ0v) is 33.6. The maximum atomic E-state index is 4.75. The van der Waals surface area contributed by atoms with E-state index in [1.54, 1.807) is 0 Å². The van der Waals surface area contributed by atoms with Crippen LogP contribution in [0.15, 0.2) is 122 Å². The molecule has 0 amide bonds. The summed E-state index contributed by atoms with van der Waals surface area (Å²) in [6, 6.07) is 45.4. The van der Waals surface area contributed by atoms with Gasteiger partial charge in [0.2, 0.25) is 0 Å². The monoisotopic (exact) mass is 845 g/mol. The summed E-state index contributed by atoms with van der Waals surface area (Å²) in [5.41, 5.74) is 12.2. The number of pyridine rings is 2. The minimum absolute atomic E-state index is 0. The van der Waals surface area contributed by atoms with Crippen molar-refractivity contribution in [3.8, 4) is 33.6 Å². The zero-order chi connectivity index (χ0) is 35.5. The predicted molar refractivity (Wildman–Crippen MR) is 213 cm³/mol. The molecule has 0 saturated carbocycles. The molecule has 3 heteroatoms. The van der Waals surface area contributed by atoms with Crippen LogP contribution in [-0.4, -0.2) is 9.97 Å². The van der Waals surface area contributed by atoms with Crippen molar-refractivity contribution in [1.29, 1.82) is 0 Å². The molecule has 0 spiro atoms. The Balaban J connectivity index is 0.000000226. The second-order valence-electron chi connectivity index (χ2n) is 16.0. The smallest absolute Gasteiger partial charge is 0.0193 e. The average Bonchev–Trinajstić information content (AvgIpc) is 3.09. The van der Waals surface area contributed by atoms with E-state index in [4.69, 9.17) is 4.98 Å². The van der Waals surface area contributed by atoms with Crippen LogP contribution in [-0.2, 0) is 32.9 Å². The molecule has 7 aromatic rings. The molecule has 0 aliphatic heterocycles. The van der Waals surface area contributed by atoms with Gasteiger partial charge in [-0.05, 0) is 86.3 Å². The van der Waals surface area contributed by atoms with Gasteiger partial charge in [0.25, 0.3) is 0 Å². The van der Waals surface area contributed by atoms with Crippen LogP contribution in [0.3, 0.4) is 0 Å². The van der Waals surface area contributed by atoms with Crippen molar-refractivity contribution in [2.45, 2.75) is 68.2 Å². The molecule has 261 valence electrons. The SMILES string of the molecule is Cc1c[c-]c(-c2ccc(CC(C)(C)C)cn2)cc1.Cc1cnc(-c2[c-]ccc(-c3cc4ccccc4c4ccccc34)c2)cc1CC(C)(C)C.[Ir]. The van der Waals surface area contributed by atoms with E-state index in [1.165, 1.54) is 54.9 Å². The first-order valence-corrected chi connectivity index (χ1v) is 17.7. The zero-order valence-electron chi connectivity index (χ0n) is 31.2. The van der Waals surface area contributed by atoms with Gasteiger partial charge < -0.3 is 9.97 Å². The van der Waals surface area contributed by atoms with Crippen molar-refractivity contribution < 1.29 is 20.1 Å². The molecule has 7 rings (SSSR count). The molecule has 2 aromatic heterocycles. The summed E-state index contributed by atoms with van der Waals surface area (Å²) < 4.78 is 0. The number of hydrogen-bond acceptors (Lipinski definition) is 2. The molecule has 0 atom stereocenters. The Morgan fingerprint density at radius 2 is 1.27 bits per heavy atom. The number of fused-ring (bicyclic) bond motifs is 3. The summed E-state index contributed by atoms with van der Waals surface area (Å²) in [6.45, 7) is 17.8. The Hall–Kier alpha value is -4.43. The molecule has 1 radical (unpaired) electrons. The van der Waals surface area contributed by atoms with Gasteiger partial charge in [-0.2, -0.15) is 0 Å². The molecule has 2 heterocycles. The Morgan fingerprint density at radius 1 is 0.588 bits per heavy atom. The van der Waals surface area contributed by atoms with Gasteiger partial charge >= 0.3 is 0 Å². The van der Waals surface area contributed by atoms with Gasteiger partial charge in [-0.25, -0.2) is 0 Å². The van der Waals surface area contributed by atoms with Crippen molar-refractivity contribution >= 4 is 21.5 Å². The van der Waals surface area contributed by atoms with Crippen LogP contribution >= 0.6 is 0 Å². The largest absolute Gasteiger partial charge is 0.304 e. The van der Waals surface area contributed by atoms with E-state index in [2.05, 4.69) is 170 Å². The van der Waals surface area contributed by atoms with Crippen molar-refractivity contribution in [2.75, 3.05) is 0 Å². The molecule has 0 aliphatic carbocycles. The molecule has 0 fully saturated rings. The summed E-state index contributed by atoms with van der Waals surface area (Å²) in [4.78, 5) is 9.29. The first-order valence-electron chi connectivity index (χ1n) is 17.7. The molecule has 0 unspecified atom stereocenters. The number of aryl methyl sites for hydroxylation is 2. The predicted octanol–water partition coefficient (Wildman–Crippen LogP) is 12.9. The van der Waals surface area contributed by atoms with E-state index in [0.29, 0.717) is 5.41 Å². The molecule has 0 N–H and O–H groups in total. The third kappa shape index (κ3) is 9.67. The fourth-order valence-corrected chi connectivity index (χ4v) is 6.51. The average molecular weight is 845 g/mol. The number of rotatable bonds is 5. The summed E-state index contributed by atoms with van der Waals surface area (Å²) >= 11 is 0. The molecule has 0 saturated heterocycles. The van der Waals surface area contributed by atoms with E-state index in [9.17, 15) is 0 Å². The van der Waals surface area contributed by atoms with Gasteiger partial charge in [0.05, 0.1) is 0 Å². The van der Waals surface area contributed by atoms with Crippen LogP contribution in [0.4, 0.5) is 0 Å². The van der Waals surface area contributed by atoms with Gasteiger partial charge in [0.15, 0.2) is 0 Å². The molecule has 0 bridgehead atoms. The molecular weight excluding hydrogens is 797 g/mol. The topological polar surface area (TPSA) is 25.8 Å². The normalized spacial score (nSPS) is 11.5. The fraction of sp³-hybridized carbons (Fsp3) is 0.250. The number of aromatic nitrogens is 2. The molecule has 0 aliphatic rings. The van der Waals surface area contributed by atoms with E-state index >= 15 is 0 Å². The van der Waals surface area contributed by atoms with Gasteiger partial charge in [0, 0.05) is 32.5 Å².